The fourth-order valence-corrected chi connectivity index (χ4v) is 3.10. The molecular formula is C18H15N3O3S. The number of nitrogens with zero attached hydrogens (tertiary/aromatic N) is 3. The van der Waals surface area contributed by atoms with Gasteiger partial charge in [-0.2, -0.15) is 4.33 Å². The summed E-state index contributed by atoms with van der Waals surface area (Å²) in [4.78, 5) is 14.5. The molecule has 0 saturated carbocycles. The Morgan fingerprint density at radius 2 is 2.12 bits per heavy atom. The minimum atomic E-state index is 0.606. The zero-order valence-electron chi connectivity index (χ0n) is 13.5. The van der Waals surface area contributed by atoms with Crippen molar-refractivity contribution >= 4 is 23.1 Å². The van der Waals surface area contributed by atoms with Crippen molar-refractivity contribution in [2.24, 2.45) is 0 Å². The van der Waals surface area contributed by atoms with E-state index in [1.165, 1.54) is 7.11 Å². The summed E-state index contributed by atoms with van der Waals surface area (Å²) < 4.78 is 12.6. The third-order valence-corrected chi connectivity index (χ3v) is 4.35. The van der Waals surface area contributed by atoms with Crippen molar-refractivity contribution < 1.29 is 13.6 Å². The van der Waals surface area contributed by atoms with Crippen LogP contribution in [0.5, 0.6) is 0 Å². The Kier molecular flexibility index (Phi) is 4.51. The maximum absolute atomic E-state index is 5.60. The summed E-state index contributed by atoms with van der Waals surface area (Å²) in [6.45, 7) is 0.606. The quantitative estimate of drug-likeness (QED) is 0.292. The van der Waals surface area contributed by atoms with E-state index in [1.807, 2.05) is 36.4 Å². The first-order valence-electron chi connectivity index (χ1n) is 7.65. The van der Waals surface area contributed by atoms with Gasteiger partial charge < -0.3 is 8.98 Å². The average molecular weight is 353 g/mol. The van der Waals surface area contributed by atoms with E-state index in [1.54, 1.807) is 18.7 Å². The molecule has 4 rings (SSSR count). The average Bonchev–Trinajstić information content (AvgIpc) is 3.29. The van der Waals surface area contributed by atoms with E-state index in [9.17, 15) is 0 Å². The van der Waals surface area contributed by atoms with Crippen LogP contribution in [0.4, 0.5) is 0 Å². The van der Waals surface area contributed by atoms with Gasteiger partial charge in [-0.25, -0.2) is 9.87 Å². The molecule has 0 aliphatic carbocycles. The Labute approximate surface area is 148 Å². The van der Waals surface area contributed by atoms with Crippen molar-refractivity contribution in [1.82, 2.24) is 14.5 Å². The van der Waals surface area contributed by atoms with Gasteiger partial charge in [-0.05, 0) is 36.4 Å². The Bertz CT molecular complexity index is 968. The first-order valence-corrected chi connectivity index (χ1v) is 8.40. The van der Waals surface area contributed by atoms with Gasteiger partial charge >= 0.3 is 0 Å². The summed E-state index contributed by atoms with van der Waals surface area (Å²) in [5.41, 5.74) is 2.77. The Morgan fingerprint density at radius 3 is 2.88 bits per heavy atom. The highest BCUT2D eigenvalue weighted by Gasteiger charge is 2.15. The van der Waals surface area contributed by atoms with E-state index in [0.717, 1.165) is 45.1 Å². The van der Waals surface area contributed by atoms with E-state index < -0.39 is 0 Å². The van der Waals surface area contributed by atoms with Crippen molar-refractivity contribution in [3.8, 4) is 11.5 Å². The van der Waals surface area contributed by atoms with Crippen LogP contribution in [0.15, 0.2) is 70.4 Å². The zero-order valence-corrected chi connectivity index (χ0v) is 14.3. The molecule has 0 unspecified atom stereocenters. The summed E-state index contributed by atoms with van der Waals surface area (Å²) in [5, 5.41) is 0.993. The summed E-state index contributed by atoms with van der Waals surface area (Å²) in [6, 6.07) is 13.8. The van der Waals surface area contributed by atoms with Crippen LogP contribution >= 0.6 is 12.0 Å². The standard InChI is InChI=1S/C18H15N3O3S/c1-22-24-25-15-9-13-10-16(17-6-4-8-23-17)21(18(13)20-11-15)12-14-5-2-3-7-19-14/h2-11H,12H2,1H3. The highest BCUT2D eigenvalue weighted by molar-refractivity contribution is 7.94. The largest absolute Gasteiger partial charge is 0.463 e. The zero-order chi connectivity index (χ0) is 17.1. The molecule has 0 N–H and O–H groups in total. The second-order valence-electron chi connectivity index (χ2n) is 5.32. The van der Waals surface area contributed by atoms with Crippen molar-refractivity contribution in [2.75, 3.05) is 7.11 Å². The molecule has 0 radical (unpaired) electrons. The lowest BCUT2D eigenvalue weighted by Crippen LogP contribution is -2.03. The molecule has 4 heterocycles. The number of aromatic nitrogens is 3. The fourth-order valence-electron chi connectivity index (χ4n) is 2.69. The number of hydrogen-bond acceptors (Lipinski definition) is 6. The number of furan rings is 1. The Balaban J connectivity index is 1.81. The maximum atomic E-state index is 5.60. The van der Waals surface area contributed by atoms with Gasteiger partial charge in [-0.1, -0.05) is 6.07 Å². The molecule has 6 nitrogen and oxygen atoms in total. The summed E-state index contributed by atoms with van der Waals surface area (Å²) >= 11 is 1.12. The van der Waals surface area contributed by atoms with Crippen LogP contribution in [0.3, 0.4) is 0 Å². The monoisotopic (exact) mass is 353 g/mol. The Hall–Kier alpha value is -2.61. The molecule has 4 aromatic rings. The molecule has 0 aliphatic heterocycles. The SMILES string of the molecule is COOSc1cnc2c(c1)cc(-c1ccco1)n2Cc1ccccn1. The molecule has 0 aliphatic rings. The summed E-state index contributed by atoms with van der Waals surface area (Å²) in [5.74, 6) is 0.788. The first-order chi connectivity index (χ1) is 12.3. The van der Waals surface area contributed by atoms with Crippen LogP contribution in [0.2, 0.25) is 0 Å². The topological polar surface area (TPSA) is 62.3 Å². The predicted molar refractivity (Wildman–Crippen MR) is 94.7 cm³/mol. The molecule has 0 atom stereocenters. The molecule has 7 heteroatoms. The van der Waals surface area contributed by atoms with E-state index in [4.69, 9.17) is 8.75 Å². The van der Waals surface area contributed by atoms with Crippen molar-refractivity contribution in [2.45, 2.75) is 11.4 Å². The van der Waals surface area contributed by atoms with Gasteiger partial charge in [-0.3, -0.25) is 4.98 Å². The predicted octanol–water partition coefficient (Wildman–Crippen LogP) is 4.32. The molecule has 25 heavy (non-hydrogen) atoms. The van der Waals surface area contributed by atoms with E-state index >= 15 is 0 Å². The minimum Gasteiger partial charge on any atom is -0.463 e. The van der Waals surface area contributed by atoms with Gasteiger partial charge in [0.1, 0.15) is 11.4 Å². The van der Waals surface area contributed by atoms with Crippen molar-refractivity contribution in [1.29, 1.82) is 0 Å². The Morgan fingerprint density at radius 1 is 1.16 bits per heavy atom. The van der Waals surface area contributed by atoms with Crippen molar-refractivity contribution in [3.63, 3.8) is 0 Å². The second kappa shape index (κ2) is 7.10. The maximum Gasteiger partial charge on any atom is 0.150 e. The third-order valence-electron chi connectivity index (χ3n) is 3.73. The summed E-state index contributed by atoms with van der Waals surface area (Å²) in [7, 11) is 1.47. The molecule has 0 aromatic carbocycles. The molecular weight excluding hydrogens is 338 g/mol. The number of pyridine rings is 2. The minimum absolute atomic E-state index is 0.606. The molecule has 0 amide bonds. The lowest BCUT2D eigenvalue weighted by molar-refractivity contribution is -0.160. The molecule has 0 spiro atoms. The van der Waals surface area contributed by atoms with Crippen LogP contribution in [-0.2, 0) is 15.8 Å². The highest BCUT2D eigenvalue weighted by Crippen LogP contribution is 2.31. The lowest BCUT2D eigenvalue weighted by atomic mass is 10.3. The number of rotatable bonds is 6. The number of hydrogen-bond donors (Lipinski definition) is 0. The highest BCUT2D eigenvalue weighted by atomic mass is 32.2. The molecule has 0 fully saturated rings. The van der Waals surface area contributed by atoms with Gasteiger partial charge in [-0.15, -0.1) is 0 Å². The smallest absolute Gasteiger partial charge is 0.150 e. The van der Waals surface area contributed by atoms with Crippen molar-refractivity contribution in [3.05, 3.63) is 66.8 Å². The van der Waals surface area contributed by atoms with Gasteiger partial charge in [0.25, 0.3) is 0 Å². The molecule has 126 valence electrons. The summed E-state index contributed by atoms with van der Waals surface area (Å²) in [6.07, 6.45) is 5.21. The van der Waals surface area contributed by atoms with E-state index in [-0.39, 0.29) is 0 Å². The van der Waals surface area contributed by atoms with Gasteiger partial charge in [0.2, 0.25) is 0 Å². The van der Waals surface area contributed by atoms with E-state index in [2.05, 4.69) is 25.5 Å². The van der Waals surface area contributed by atoms with Crippen LogP contribution in [0.1, 0.15) is 5.69 Å². The van der Waals surface area contributed by atoms with E-state index in [0.29, 0.717) is 6.54 Å². The fraction of sp³-hybridized carbons (Fsp3) is 0.111. The van der Waals surface area contributed by atoms with Gasteiger partial charge in [0.05, 0.1) is 48.2 Å². The first kappa shape index (κ1) is 15.9. The molecule has 0 bridgehead atoms. The van der Waals surface area contributed by atoms with Gasteiger partial charge in [0.15, 0.2) is 0 Å². The van der Waals surface area contributed by atoms with Crippen LogP contribution in [-0.4, -0.2) is 21.6 Å². The van der Waals surface area contributed by atoms with Crippen LogP contribution in [0, 0.1) is 0 Å². The van der Waals surface area contributed by atoms with Crippen LogP contribution in [0.25, 0.3) is 22.5 Å². The van der Waals surface area contributed by atoms with Crippen LogP contribution < -0.4 is 0 Å². The van der Waals surface area contributed by atoms with Gasteiger partial charge in [0, 0.05) is 17.8 Å². The normalized spacial score (nSPS) is 11.2. The lowest BCUT2D eigenvalue weighted by Gasteiger charge is -2.08. The molecule has 4 aromatic heterocycles. The third kappa shape index (κ3) is 3.30. The second-order valence-corrected chi connectivity index (χ2v) is 6.09. The molecule has 0 saturated heterocycles. The number of fused-ring (bicyclic) bond motifs is 1.